The molecule has 5 nitrogen and oxygen atoms in total. The first-order chi connectivity index (χ1) is 9.04. The highest BCUT2D eigenvalue weighted by molar-refractivity contribution is 7.80. The van der Waals surface area contributed by atoms with Gasteiger partial charge in [0.25, 0.3) is 0 Å². The number of aryl methyl sites for hydroxylation is 1. The molecule has 98 valence electrons. The fourth-order valence-electron chi connectivity index (χ4n) is 1.58. The predicted molar refractivity (Wildman–Crippen MR) is 79.5 cm³/mol. The lowest BCUT2D eigenvalue weighted by molar-refractivity contribution is 0.101. The van der Waals surface area contributed by atoms with Crippen LogP contribution in [-0.2, 0) is 7.05 Å². The molecular formula is C13H14N4OS. The molecule has 1 aromatic carbocycles. The lowest BCUT2D eigenvalue weighted by Crippen LogP contribution is -2.19. The van der Waals surface area contributed by atoms with Gasteiger partial charge in [0.2, 0.25) is 0 Å². The monoisotopic (exact) mass is 274 g/mol. The lowest BCUT2D eigenvalue weighted by Gasteiger charge is -2.09. The van der Waals surface area contributed by atoms with Crippen LogP contribution in [0.5, 0.6) is 0 Å². The van der Waals surface area contributed by atoms with Crippen LogP contribution in [0.2, 0.25) is 0 Å². The Kier molecular flexibility index (Phi) is 3.91. The highest BCUT2D eigenvalue weighted by atomic mass is 32.1. The summed E-state index contributed by atoms with van der Waals surface area (Å²) in [6, 6.07) is 9.00. The van der Waals surface area contributed by atoms with Crippen molar-refractivity contribution >= 4 is 34.6 Å². The first-order valence-corrected chi connectivity index (χ1v) is 6.14. The van der Waals surface area contributed by atoms with Crippen molar-refractivity contribution in [3.63, 3.8) is 0 Å². The van der Waals surface area contributed by atoms with Crippen LogP contribution in [0.4, 0.5) is 11.5 Å². The minimum atomic E-state index is 0.0206. The van der Waals surface area contributed by atoms with Gasteiger partial charge in [-0.15, -0.1) is 0 Å². The van der Waals surface area contributed by atoms with E-state index in [9.17, 15) is 4.79 Å². The van der Waals surface area contributed by atoms with E-state index in [4.69, 9.17) is 12.2 Å². The van der Waals surface area contributed by atoms with Crippen LogP contribution in [0.15, 0.2) is 36.5 Å². The molecule has 1 heterocycles. The first kappa shape index (κ1) is 13.2. The van der Waals surface area contributed by atoms with Crippen molar-refractivity contribution in [3.05, 3.63) is 42.1 Å². The molecule has 0 atom stereocenters. The van der Waals surface area contributed by atoms with Gasteiger partial charge in [0.15, 0.2) is 16.7 Å². The molecule has 6 heteroatoms. The molecule has 0 unspecified atom stereocenters. The van der Waals surface area contributed by atoms with Crippen molar-refractivity contribution in [3.8, 4) is 0 Å². The fraction of sp³-hybridized carbons (Fsp3) is 0.154. The molecule has 0 aliphatic rings. The Bertz CT molecular complexity index is 621. The summed E-state index contributed by atoms with van der Waals surface area (Å²) in [6.07, 6.45) is 1.82. The Morgan fingerprint density at radius 3 is 2.74 bits per heavy atom. The molecule has 1 aromatic heterocycles. The number of nitrogens with zero attached hydrogens (tertiary/aromatic N) is 2. The quantitative estimate of drug-likeness (QED) is 0.665. The molecular weight excluding hydrogens is 260 g/mol. The second-order valence-electron chi connectivity index (χ2n) is 4.09. The number of thiocarbonyl (C=S) groups is 1. The van der Waals surface area contributed by atoms with E-state index in [0.717, 1.165) is 5.69 Å². The number of carbonyl (C=O) groups is 1. The molecule has 0 saturated heterocycles. The topological polar surface area (TPSA) is 59.0 Å². The van der Waals surface area contributed by atoms with Gasteiger partial charge in [-0.05, 0) is 31.3 Å². The largest absolute Gasteiger partial charge is 0.332 e. The predicted octanol–water partition coefficient (Wildman–Crippen LogP) is 2.43. The van der Waals surface area contributed by atoms with Crippen molar-refractivity contribution in [2.24, 2.45) is 7.05 Å². The summed E-state index contributed by atoms with van der Waals surface area (Å²) >= 11 is 5.18. The Morgan fingerprint density at radius 2 is 2.11 bits per heavy atom. The number of ketones is 1. The molecule has 2 aromatic rings. The van der Waals surface area contributed by atoms with E-state index in [1.165, 1.54) is 6.92 Å². The average Bonchev–Trinajstić information content (AvgIpc) is 2.74. The zero-order valence-corrected chi connectivity index (χ0v) is 11.5. The van der Waals surface area contributed by atoms with Crippen LogP contribution in [0.3, 0.4) is 0 Å². The van der Waals surface area contributed by atoms with E-state index in [2.05, 4.69) is 15.7 Å². The maximum atomic E-state index is 11.3. The number of carbonyl (C=O) groups excluding carboxylic acids is 1. The Hall–Kier alpha value is -2.21. The third-order valence-electron chi connectivity index (χ3n) is 2.48. The third-order valence-corrected chi connectivity index (χ3v) is 2.69. The lowest BCUT2D eigenvalue weighted by atomic mass is 10.1. The minimum Gasteiger partial charge on any atom is -0.332 e. The smallest absolute Gasteiger partial charge is 0.176 e. The maximum absolute atomic E-state index is 11.3. The van der Waals surface area contributed by atoms with E-state index < -0.39 is 0 Å². The molecule has 0 saturated carbocycles. The third kappa shape index (κ3) is 3.62. The molecule has 0 aliphatic carbocycles. The second kappa shape index (κ2) is 5.62. The second-order valence-corrected chi connectivity index (χ2v) is 4.50. The van der Waals surface area contributed by atoms with Gasteiger partial charge in [-0.3, -0.25) is 9.48 Å². The van der Waals surface area contributed by atoms with Crippen LogP contribution in [0, 0.1) is 0 Å². The summed E-state index contributed by atoms with van der Waals surface area (Å²) in [7, 11) is 1.83. The van der Waals surface area contributed by atoms with Gasteiger partial charge in [-0.1, -0.05) is 12.1 Å². The molecule has 19 heavy (non-hydrogen) atoms. The van der Waals surface area contributed by atoms with Gasteiger partial charge in [0.05, 0.1) is 0 Å². The van der Waals surface area contributed by atoms with E-state index >= 15 is 0 Å². The molecule has 2 N–H and O–H groups in total. The van der Waals surface area contributed by atoms with Crippen molar-refractivity contribution < 1.29 is 4.79 Å². The van der Waals surface area contributed by atoms with Crippen LogP contribution >= 0.6 is 12.2 Å². The van der Waals surface area contributed by atoms with E-state index in [-0.39, 0.29) is 5.78 Å². The van der Waals surface area contributed by atoms with E-state index in [0.29, 0.717) is 16.5 Å². The number of hydrogen-bond donors (Lipinski definition) is 2. The first-order valence-electron chi connectivity index (χ1n) is 5.73. The van der Waals surface area contributed by atoms with Crippen LogP contribution in [0.1, 0.15) is 17.3 Å². The Labute approximate surface area is 116 Å². The van der Waals surface area contributed by atoms with E-state index in [1.54, 1.807) is 16.8 Å². The number of rotatable bonds is 3. The molecule has 0 aliphatic heterocycles. The average molecular weight is 274 g/mol. The summed E-state index contributed by atoms with van der Waals surface area (Å²) in [5, 5.41) is 10.6. The van der Waals surface area contributed by atoms with Gasteiger partial charge < -0.3 is 10.6 Å². The fourth-order valence-corrected chi connectivity index (χ4v) is 1.80. The normalized spacial score (nSPS) is 10.0. The molecule has 0 fully saturated rings. The van der Waals surface area contributed by atoms with Gasteiger partial charge >= 0.3 is 0 Å². The van der Waals surface area contributed by atoms with Crippen molar-refractivity contribution in [1.29, 1.82) is 0 Å². The zero-order valence-electron chi connectivity index (χ0n) is 10.7. The number of hydrogen-bond acceptors (Lipinski definition) is 3. The Morgan fingerprint density at radius 1 is 1.32 bits per heavy atom. The number of benzene rings is 1. The number of anilines is 2. The van der Waals surface area contributed by atoms with Crippen LogP contribution < -0.4 is 10.6 Å². The minimum absolute atomic E-state index is 0.0206. The molecule has 2 rings (SSSR count). The number of aromatic nitrogens is 2. The molecule has 0 radical (unpaired) electrons. The summed E-state index contributed by atoms with van der Waals surface area (Å²) in [6.45, 7) is 1.53. The molecule has 0 spiro atoms. The Balaban J connectivity index is 2.02. The van der Waals surface area contributed by atoms with Gasteiger partial charge in [0, 0.05) is 30.6 Å². The summed E-state index contributed by atoms with van der Waals surface area (Å²) in [5.41, 5.74) is 1.41. The SMILES string of the molecule is CC(=O)c1cccc(NC(=S)Nc2ccn(C)n2)c1. The van der Waals surface area contributed by atoms with Gasteiger partial charge in [0.1, 0.15) is 0 Å². The van der Waals surface area contributed by atoms with Crippen molar-refractivity contribution in [2.45, 2.75) is 6.92 Å². The number of Topliss-reactive ketones (excluding diaryl/α,β-unsaturated/α-hetero) is 1. The van der Waals surface area contributed by atoms with Gasteiger partial charge in [-0.25, -0.2) is 0 Å². The summed E-state index contributed by atoms with van der Waals surface area (Å²) < 4.78 is 1.68. The van der Waals surface area contributed by atoms with Crippen molar-refractivity contribution in [2.75, 3.05) is 10.6 Å². The summed E-state index contributed by atoms with van der Waals surface area (Å²) in [5.74, 6) is 0.690. The molecule has 0 amide bonds. The number of nitrogens with one attached hydrogen (secondary N) is 2. The van der Waals surface area contributed by atoms with Gasteiger partial charge in [-0.2, -0.15) is 5.10 Å². The highest BCUT2D eigenvalue weighted by Crippen LogP contribution is 2.12. The highest BCUT2D eigenvalue weighted by Gasteiger charge is 2.03. The van der Waals surface area contributed by atoms with Crippen molar-refractivity contribution in [1.82, 2.24) is 9.78 Å². The molecule has 0 bridgehead atoms. The van der Waals surface area contributed by atoms with Crippen LogP contribution in [-0.4, -0.2) is 20.7 Å². The standard InChI is InChI=1S/C13H14N4OS/c1-9(18)10-4-3-5-11(8-10)14-13(19)15-12-6-7-17(2)16-12/h3-8H,1-2H3,(H2,14,15,16,19). The maximum Gasteiger partial charge on any atom is 0.176 e. The summed E-state index contributed by atoms with van der Waals surface area (Å²) in [4.78, 5) is 11.3. The van der Waals surface area contributed by atoms with E-state index in [1.807, 2.05) is 31.4 Å². The zero-order chi connectivity index (χ0) is 13.8. The van der Waals surface area contributed by atoms with Crippen LogP contribution in [0.25, 0.3) is 0 Å².